The van der Waals surface area contributed by atoms with Crippen LogP contribution in [0.5, 0.6) is 5.75 Å². The smallest absolute Gasteiger partial charge is 0.459 e. The highest BCUT2D eigenvalue weighted by Gasteiger charge is 2.55. The first-order valence-electron chi connectivity index (χ1n) is 16.0. The summed E-state index contributed by atoms with van der Waals surface area (Å²) in [5.74, 6) is -1.09. The van der Waals surface area contributed by atoms with Gasteiger partial charge in [-0.25, -0.2) is 32.7 Å². The number of alkyl halides is 3. The number of rotatable bonds is 12. The number of imidazole rings is 1. The van der Waals surface area contributed by atoms with Gasteiger partial charge in [-0.05, 0) is 56.7 Å². The summed E-state index contributed by atoms with van der Waals surface area (Å²) in [6.45, 7) is 2.72. The van der Waals surface area contributed by atoms with Crippen molar-refractivity contribution in [3.8, 4) is 5.75 Å². The molecule has 0 aliphatic carbocycles. The predicted molar refractivity (Wildman–Crippen MR) is 184 cm³/mol. The maximum atomic E-state index is 14.6. The summed E-state index contributed by atoms with van der Waals surface area (Å²) >= 11 is 5.99. The third kappa shape index (κ3) is 7.64. The number of carbonyl (C=O) groups excluding carboxylic acids is 1. The van der Waals surface area contributed by atoms with Crippen LogP contribution in [0.1, 0.15) is 43.7 Å². The van der Waals surface area contributed by atoms with Gasteiger partial charge in [-0.3, -0.25) is 14.1 Å². The number of esters is 1. The van der Waals surface area contributed by atoms with Crippen molar-refractivity contribution in [2.24, 2.45) is 0 Å². The first kappa shape index (κ1) is 39.8. The second kappa shape index (κ2) is 14.3. The molecule has 0 radical (unpaired) electrons. The highest BCUT2D eigenvalue weighted by Crippen LogP contribution is 2.52. The van der Waals surface area contributed by atoms with E-state index in [4.69, 9.17) is 30.1 Å². The van der Waals surface area contributed by atoms with E-state index in [1.807, 2.05) is 0 Å². The predicted octanol–water partition coefficient (Wildman–Crippen LogP) is 3.56. The summed E-state index contributed by atoms with van der Waals surface area (Å²) in [7, 11) is -8.59. The molecule has 6 rings (SSSR count). The minimum atomic E-state index is -4.87. The summed E-state index contributed by atoms with van der Waals surface area (Å²) in [5, 5.41) is 26.8. The van der Waals surface area contributed by atoms with E-state index >= 15 is 0 Å². The summed E-state index contributed by atoms with van der Waals surface area (Å²) in [4.78, 5) is 28.3. The Morgan fingerprint density at radius 1 is 1.17 bits per heavy atom. The Balaban J connectivity index is 1.31. The van der Waals surface area contributed by atoms with Crippen molar-refractivity contribution in [1.82, 2.24) is 29.4 Å². The van der Waals surface area contributed by atoms with Gasteiger partial charge in [-0.1, -0.05) is 23.7 Å². The van der Waals surface area contributed by atoms with Gasteiger partial charge < -0.3 is 24.2 Å². The van der Waals surface area contributed by atoms with Gasteiger partial charge in [-0.2, -0.15) is 18.3 Å². The van der Waals surface area contributed by atoms with Crippen LogP contribution in [-0.2, 0) is 51.7 Å². The number of hydrazine groups is 1. The maximum Gasteiger partial charge on any atom is 0.460 e. The number of nitrogens with one attached hydrogen (secondary N) is 2. The molecular formula is C31H34ClF3N7O10PS. The van der Waals surface area contributed by atoms with Gasteiger partial charge in [0.25, 0.3) is 0 Å². The third-order valence-corrected chi connectivity index (χ3v) is 11.2. The van der Waals surface area contributed by atoms with Crippen LogP contribution in [0.2, 0.25) is 5.02 Å². The van der Waals surface area contributed by atoms with E-state index in [9.17, 15) is 41.2 Å². The SMILES string of the molecule is CCN(NS(C)(=O)=O)c1ncnc2c1ncn2C1OC(COP(=O)(NC2(C)C(=O)OCc3c(C(F)(F)F)cccc32)Oc2ccc(Cl)cc2)[C@@H](O)[C@@]1(C)O. The van der Waals surface area contributed by atoms with Gasteiger partial charge in [-0.15, -0.1) is 4.83 Å². The number of hydrogen-bond acceptors (Lipinski definition) is 14. The Morgan fingerprint density at radius 2 is 1.87 bits per heavy atom. The molecule has 0 amide bonds. The molecule has 4 N–H and O–H groups in total. The molecule has 4 aromatic rings. The Kier molecular flexibility index (Phi) is 10.5. The average molecular weight is 820 g/mol. The Bertz CT molecular complexity index is 2230. The lowest BCUT2D eigenvalue weighted by Crippen LogP contribution is -2.50. The first-order valence-corrected chi connectivity index (χ1v) is 19.8. The molecule has 2 aromatic heterocycles. The molecule has 292 valence electrons. The van der Waals surface area contributed by atoms with E-state index in [-0.39, 0.29) is 45.4 Å². The van der Waals surface area contributed by atoms with Gasteiger partial charge in [0.15, 0.2) is 23.2 Å². The van der Waals surface area contributed by atoms with E-state index in [2.05, 4.69) is 24.9 Å². The van der Waals surface area contributed by atoms with Crippen molar-refractivity contribution >= 4 is 52.3 Å². The van der Waals surface area contributed by atoms with Crippen LogP contribution in [0.15, 0.2) is 55.1 Å². The van der Waals surface area contributed by atoms with Crippen LogP contribution in [0.3, 0.4) is 0 Å². The first-order chi connectivity index (χ1) is 25.2. The lowest BCUT2D eigenvalue weighted by Gasteiger charge is -2.37. The topological polar surface area (TPSA) is 217 Å². The van der Waals surface area contributed by atoms with Crippen LogP contribution in [-0.4, -0.2) is 81.3 Å². The molecule has 1 saturated heterocycles. The van der Waals surface area contributed by atoms with Crippen molar-refractivity contribution in [3.63, 3.8) is 0 Å². The van der Waals surface area contributed by atoms with Crippen LogP contribution in [0, 0.1) is 0 Å². The minimum Gasteiger partial charge on any atom is -0.459 e. The molecule has 1 fully saturated rings. The molecule has 4 unspecified atom stereocenters. The van der Waals surface area contributed by atoms with Gasteiger partial charge in [0, 0.05) is 17.1 Å². The zero-order valence-corrected chi connectivity index (χ0v) is 31.3. The molecule has 54 heavy (non-hydrogen) atoms. The summed E-state index contributed by atoms with van der Waals surface area (Å²) in [6.07, 6.45) is -6.11. The fourth-order valence-corrected chi connectivity index (χ4v) is 8.59. The monoisotopic (exact) mass is 819 g/mol. The zero-order valence-electron chi connectivity index (χ0n) is 28.8. The van der Waals surface area contributed by atoms with Crippen molar-refractivity contribution in [3.05, 3.63) is 76.8 Å². The molecule has 0 bridgehead atoms. The molecule has 2 aromatic carbocycles. The highest BCUT2D eigenvalue weighted by molar-refractivity contribution is 7.88. The van der Waals surface area contributed by atoms with E-state index in [1.54, 1.807) is 6.92 Å². The summed E-state index contributed by atoms with van der Waals surface area (Å²) in [6, 6.07) is 8.60. The Morgan fingerprint density at radius 3 is 2.52 bits per heavy atom. The number of cyclic esters (lactones) is 1. The number of aromatic nitrogens is 4. The molecule has 0 saturated carbocycles. The second-order valence-corrected chi connectivity index (χ2v) is 16.6. The normalized spacial score (nSPS) is 25.6. The largest absolute Gasteiger partial charge is 0.460 e. The lowest BCUT2D eigenvalue weighted by molar-refractivity contribution is -0.156. The fraction of sp³-hybridized carbons (Fsp3) is 0.419. The molecule has 0 spiro atoms. The van der Waals surface area contributed by atoms with Crippen LogP contribution < -0.4 is 19.5 Å². The minimum absolute atomic E-state index is 0.0758. The Hall–Kier alpha value is -3.92. The molecule has 23 heteroatoms. The van der Waals surface area contributed by atoms with Gasteiger partial charge in [0.1, 0.15) is 42.0 Å². The number of aliphatic hydroxyl groups excluding tert-OH is 1. The number of ether oxygens (including phenoxy) is 2. The molecule has 4 heterocycles. The van der Waals surface area contributed by atoms with E-state index in [0.717, 1.165) is 31.6 Å². The highest BCUT2D eigenvalue weighted by atomic mass is 35.5. The number of halogens is 4. The number of anilines is 1. The van der Waals surface area contributed by atoms with Gasteiger partial charge in [0.05, 0.1) is 24.8 Å². The molecular weight excluding hydrogens is 786 g/mol. The van der Waals surface area contributed by atoms with Crippen molar-refractivity contribution in [2.75, 3.05) is 24.4 Å². The molecule has 6 atom stereocenters. The summed E-state index contributed by atoms with van der Waals surface area (Å²) in [5.41, 5.74) is -5.76. The lowest BCUT2D eigenvalue weighted by atomic mass is 9.85. The number of nitrogens with zero attached hydrogens (tertiary/aromatic N) is 5. The number of carbonyl (C=O) groups is 1. The van der Waals surface area contributed by atoms with Gasteiger partial charge >= 0.3 is 19.9 Å². The molecule has 2 aliphatic rings. The fourth-order valence-electron chi connectivity index (χ4n) is 6.18. The number of hydrogen-bond donors (Lipinski definition) is 4. The molecule has 2 aliphatic heterocycles. The maximum absolute atomic E-state index is 14.6. The summed E-state index contributed by atoms with van der Waals surface area (Å²) < 4.78 is 104. The third-order valence-electron chi connectivity index (χ3n) is 8.78. The van der Waals surface area contributed by atoms with E-state index in [0.29, 0.717) is 0 Å². The Labute approximate surface area is 311 Å². The van der Waals surface area contributed by atoms with E-state index in [1.165, 1.54) is 53.2 Å². The van der Waals surface area contributed by atoms with E-state index < -0.39 is 78.3 Å². The van der Waals surface area contributed by atoms with Crippen molar-refractivity contribution < 1.29 is 59.7 Å². The van der Waals surface area contributed by atoms with Gasteiger partial charge in [0.2, 0.25) is 10.0 Å². The number of aliphatic hydroxyl groups is 2. The molecule has 17 nitrogen and oxygen atoms in total. The standard InChI is InChI=1S/C31H34ClF3N7O10PS/c1-5-42(40-54(4,47)48)26-23-25(36-15-37-26)41(16-38-23)27-30(3,45)24(43)22(51-27)14-50-53(46,52-18-11-9-17(32)10-12-18)39-29(2)20-7-6-8-21(31(33,34)35)19(20)13-49-28(29)44/h6-12,15-16,22,24,27,40,43,45H,5,13-14H2,1-4H3,(H,39,46)/t22?,24-,27?,29?,30-,53?/m1/s1. The quantitative estimate of drug-likeness (QED) is 0.0913. The zero-order chi connectivity index (χ0) is 39.4. The van der Waals surface area contributed by atoms with Crippen LogP contribution in [0.25, 0.3) is 11.2 Å². The number of fused-ring (bicyclic) bond motifs is 2. The van der Waals surface area contributed by atoms with Crippen molar-refractivity contribution in [2.45, 2.75) is 63.1 Å². The number of benzene rings is 2. The van der Waals surface area contributed by atoms with Crippen LogP contribution >= 0.6 is 19.3 Å². The van der Waals surface area contributed by atoms with Crippen LogP contribution in [0.4, 0.5) is 19.0 Å². The van der Waals surface area contributed by atoms with Crippen molar-refractivity contribution in [1.29, 1.82) is 0 Å². The number of sulfonamides is 1. The second-order valence-electron chi connectivity index (χ2n) is 12.8. The average Bonchev–Trinajstić information content (AvgIpc) is 3.61.